The smallest absolute Gasteiger partial charge is 0.224 e. The van der Waals surface area contributed by atoms with Crippen LogP contribution in [0.25, 0.3) is 11.0 Å². The molecule has 1 saturated carbocycles. The quantitative estimate of drug-likeness (QED) is 0.695. The second kappa shape index (κ2) is 5.76. The average molecular weight is 390 g/mol. The van der Waals surface area contributed by atoms with Gasteiger partial charge in [-0.2, -0.15) is 0 Å². The van der Waals surface area contributed by atoms with Crippen LogP contribution in [0.3, 0.4) is 0 Å². The Morgan fingerprint density at radius 2 is 2.22 bits per heavy atom. The topological polar surface area (TPSA) is 57.8 Å². The number of rotatable bonds is 4. The number of aromatic amines is 1. The number of thiophene rings is 1. The van der Waals surface area contributed by atoms with Gasteiger partial charge in [-0.3, -0.25) is 4.79 Å². The molecule has 0 bridgehead atoms. The molecule has 0 aliphatic heterocycles. The van der Waals surface area contributed by atoms with Crippen molar-refractivity contribution in [3.05, 3.63) is 50.9 Å². The van der Waals surface area contributed by atoms with Crippen LogP contribution in [0.2, 0.25) is 0 Å². The van der Waals surface area contributed by atoms with E-state index >= 15 is 0 Å². The lowest BCUT2D eigenvalue weighted by molar-refractivity contribution is -0.123. The maximum atomic E-state index is 12.4. The largest absolute Gasteiger partial charge is 0.349 e. The Labute approximate surface area is 146 Å². The molecule has 1 fully saturated rings. The predicted octanol–water partition coefficient (Wildman–Crippen LogP) is 4.37. The van der Waals surface area contributed by atoms with E-state index < -0.39 is 0 Å². The van der Waals surface area contributed by atoms with E-state index in [2.05, 4.69) is 31.2 Å². The van der Waals surface area contributed by atoms with Crippen LogP contribution in [-0.4, -0.2) is 15.9 Å². The van der Waals surface area contributed by atoms with Crippen LogP contribution >= 0.6 is 27.3 Å². The first-order chi connectivity index (χ1) is 11.1. The van der Waals surface area contributed by atoms with Gasteiger partial charge >= 0.3 is 0 Å². The number of hydrogen-bond donors (Lipinski definition) is 2. The van der Waals surface area contributed by atoms with Crippen molar-refractivity contribution >= 4 is 44.2 Å². The molecule has 0 unspecified atom stereocenters. The number of fused-ring (bicyclic) bond motifs is 1. The summed E-state index contributed by atoms with van der Waals surface area (Å²) >= 11 is 5.11. The average Bonchev–Trinajstić information content (AvgIpc) is 3.03. The van der Waals surface area contributed by atoms with Gasteiger partial charge in [0.2, 0.25) is 5.91 Å². The number of benzene rings is 1. The zero-order chi connectivity index (χ0) is 16.0. The molecule has 0 radical (unpaired) electrons. The van der Waals surface area contributed by atoms with Crippen LogP contribution in [0.15, 0.2) is 40.2 Å². The number of nitrogens with one attached hydrogen (secondary N) is 2. The number of carbonyl (C=O) groups excluding carboxylic acids is 1. The number of hydrogen-bond acceptors (Lipinski definition) is 3. The van der Waals surface area contributed by atoms with E-state index in [9.17, 15) is 4.79 Å². The van der Waals surface area contributed by atoms with Gasteiger partial charge in [-0.25, -0.2) is 4.98 Å². The highest BCUT2D eigenvalue weighted by Gasteiger charge is 2.46. The first-order valence-electron chi connectivity index (χ1n) is 7.62. The SMILES string of the molecule is C[C@@H](NC(=O)[C@H]1C[C@@H]1c1nc2ccccc2[nH]1)c1ccc(Br)s1. The Balaban J connectivity index is 1.43. The van der Waals surface area contributed by atoms with Gasteiger partial charge in [0.1, 0.15) is 5.82 Å². The molecule has 6 heteroatoms. The van der Waals surface area contributed by atoms with Crippen molar-refractivity contribution in [2.45, 2.75) is 25.3 Å². The molecule has 1 amide bonds. The standard InChI is InChI=1S/C17H16BrN3OS/c1-9(14-6-7-15(18)23-14)19-17(22)11-8-10(11)16-20-12-4-2-3-5-13(12)21-16/h2-7,9-11H,8H2,1H3,(H,19,22)(H,20,21)/t9-,10+,11+/m1/s1. The molecule has 2 N–H and O–H groups in total. The third-order valence-electron chi connectivity index (χ3n) is 4.27. The fraction of sp³-hybridized carbons (Fsp3) is 0.294. The molecule has 2 aromatic heterocycles. The maximum absolute atomic E-state index is 12.4. The second-order valence-electron chi connectivity index (χ2n) is 5.96. The fourth-order valence-corrected chi connectivity index (χ4v) is 4.31. The number of imidazole rings is 1. The Morgan fingerprint density at radius 3 is 2.96 bits per heavy atom. The number of halogens is 1. The van der Waals surface area contributed by atoms with Crippen molar-refractivity contribution in [3.8, 4) is 0 Å². The summed E-state index contributed by atoms with van der Waals surface area (Å²) in [5.74, 6) is 1.29. The third-order valence-corrected chi connectivity index (χ3v) is 6.07. The minimum Gasteiger partial charge on any atom is -0.349 e. The normalized spacial score (nSPS) is 21.3. The molecule has 3 aromatic rings. The van der Waals surface area contributed by atoms with Crippen LogP contribution in [0.4, 0.5) is 0 Å². The van der Waals surface area contributed by atoms with Crippen molar-refractivity contribution in [2.24, 2.45) is 5.92 Å². The summed E-state index contributed by atoms with van der Waals surface area (Å²) in [7, 11) is 0. The highest BCUT2D eigenvalue weighted by molar-refractivity contribution is 9.11. The van der Waals surface area contributed by atoms with E-state index in [1.165, 1.54) is 0 Å². The minimum atomic E-state index is 0.0291. The lowest BCUT2D eigenvalue weighted by Crippen LogP contribution is -2.28. The summed E-state index contributed by atoms with van der Waals surface area (Å²) in [6.45, 7) is 2.02. The molecule has 4 nitrogen and oxygen atoms in total. The predicted molar refractivity (Wildman–Crippen MR) is 95.5 cm³/mol. The van der Waals surface area contributed by atoms with Crippen LogP contribution in [0.5, 0.6) is 0 Å². The molecule has 0 spiro atoms. The highest BCUT2D eigenvalue weighted by atomic mass is 79.9. The Morgan fingerprint density at radius 1 is 1.39 bits per heavy atom. The molecule has 1 aliphatic carbocycles. The molecular formula is C17H16BrN3OS. The Bertz CT molecular complexity index is 838. The van der Waals surface area contributed by atoms with Crippen molar-refractivity contribution in [1.29, 1.82) is 0 Å². The first kappa shape index (κ1) is 14.9. The summed E-state index contributed by atoms with van der Waals surface area (Å²) in [6.07, 6.45) is 0.868. The van der Waals surface area contributed by atoms with E-state index in [0.717, 1.165) is 31.9 Å². The fourth-order valence-electron chi connectivity index (χ4n) is 2.89. The van der Waals surface area contributed by atoms with Gasteiger partial charge in [0, 0.05) is 16.7 Å². The maximum Gasteiger partial charge on any atom is 0.224 e. The van der Waals surface area contributed by atoms with Gasteiger partial charge in [-0.1, -0.05) is 12.1 Å². The van der Waals surface area contributed by atoms with E-state index in [1.54, 1.807) is 11.3 Å². The summed E-state index contributed by atoms with van der Waals surface area (Å²) in [6, 6.07) is 12.1. The van der Waals surface area contributed by atoms with E-state index in [4.69, 9.17) is 0 Å². The molecule has 2 heterocycles. The van der Waals surface area contributed by atoms with E-state index in [1.807, 2.05) is 43.3 Å². The van der Waals surface area contributed by atoms with Crippen molar-refractivity contribution < 1.29 is 4.79 Å². The van der Waals surface area contributed by atoms with Gasteiger partial charge in [-0.15, -0.1) is 11.3 Å². The second-order valence-corrected chi connectivity index (χ2v) is 8.45. The molecule has 23 heavy (non-hydrogen) atoms. The Hall–Kier alpha value is -1.66. The molecule has 0 saturated heterocycles. The Kier molecular flexibility index (Phi) is 3.73. The molecule has 1 aromatic carbocycles. The number of para-hydroxylation sites is 2. The van der Waals surface area contributed by atoms with Crippen molar-refractivity contribution in [1.82, 2.24) is 15.3 Å². The zero-order valence-electron chi connectivity index (χ0n) is 12.5. The first-order valence-corrected chi connectivity index (χ1v) is 9.23. The molecule has 118 valence electrons. The van der Waals surface area contributed by atoms with Gasteiger partial charge in [-0.05, 0) is 53.5 Å². The zero-order valence-corrected chi connectivity index (χ0v) is 14.9. The lowest BCUT2D eigenvalue weighted by Gasteiger charge is -2.11. The summed E-state index contributed by atoms with van der Waals surface area (Å²) in [5.41, 5.74) is 2.00. The summed E-state index contributed by atoms with van der Waals surface area (Å²) < 4.78 is 1.08. The molecule has 1 aliphatic rings. The van der Waals surface area contributed by atoms with E-state index in [-0.39, 0.29) is 23.8 Å². The number of nitrogens with zero attached hydrogens (tertiary/aromatic N) is 1. The minimum absolute atomic E-state index is 0.0291. The highest BCUT2D eigenvalue weighted by Crippen LogP contribution is 2.47. The van der Waals surface area contributed by atoms with Crippen LogP contribution < -0.4 is 5.32 Å². The van der Waals surface area contributed by atoms with Crippen LogP contribution in [-0.2, 0) is 4.79 Å². The number of carbonyl (C=O) groups is 1. The number of amides is 1. The van der Waals surface area contributed by atoms with Gasteiger partial charge in [0.15, 0.2) is 0 Å². The molecular weight excluding hydrogens is 374 g/mol. The van der Waals surface area contributed by atoms with Crippen molar-refractivity contribution in [2.75, 3.05) is 0 Å². The molecule has 3 atom stereocenters. The lowest BCUT2D eigenvalue weighted by atomic mass is 10.2. The van der Waals surface area contributed by atoms with E-state index in [0.29, 0.717) is 0 Å². The van der Waals surface area contributed by atoms with Crippen LogP contribution in [0.1, 0.15) is 36.0 Å². The summed E-state index contributed by atoms with van der Waals surface area (Å²) in [5, 5.41) is 3.11. The number of aromatic nitrogens is 2. The summed E-state index contributed by atoms with van der Waals surface area (Å²) in [4.78, 5) is 21.5. The van der Waals surface area contributed by atoms with Gasteiger partial charge < -0.3 is 10.3 Å². The third kappa shape index (κ3) is 2.93. The number of H-pyrrole nitrogens is 1. The monoisotopic (exact) mass is 389 g/mol. The van der Waals surface area contributed by atoms with Gasteiger partial charge in [0.05, 0.1) is 20.9 Å². The van der Waals surface area contributed by atoms with Gasteiger partial charge in [0.25, 0.3) is 0 Å². The molecule has 4 rings (SSSR count). The van der Waals surface area contributed by atoms with Crippen LogP contribution in [0, 0.1) is 5.92 Å². The van der Waals surface area contributed by atoms with Crippen molar-refractivity contribution in [3.63, 3.8) is 0 Å².